The van der Waals surface area contributed by atoms with Crippen LogP contribution >= 0.6 is 0 Å². The molecule has 3 amide bonds. The minimum absolute atomic E-state index is 0.0300. The van der Waals surface area contributed by atoms with Gasteiger partial charge in [-0.25, -0.2) is 4.79 Å². The molecule has 40 heavy (non-hydrogen) atoms. The molecule has 9 heteroatoms. The first kappa shape index (κ1) is 34.9. The lowest BCUT2D eigenvalue weighted by molar-refractivity contribution is -0.144. The van der Waals surface area contributed by atoms with Crippen molar-refractivity contribution in [3.8, 4) is 0 Å². The SMILES string of the molecule is CCCCCCCN(C(=O)C(CC(C)C)NC(=O)OC(C)(C)C)C(C(=O)NCCC(=O)OCC)c1ccccc1. The van der Waals surface area contributed by atoms with Crippen molar-refractivity contribution in [1.82, 2.24) is 15.5 Å². The standard InChI is InChI=1S/C31H51N3O6/c1-8-10-11-12-16-21-34(29(37)25(22-23(3)4)33-30(38)40-31(5,6)7)27(24-17-14-13-15-18-24)28(36)32-20-19-26(35)39-9-2/h13-15,17-18,23,25,27H,8-12,16,19-22H2,1-7H3,(H,32,36)(H,33,38). The van der Waals surface area contributed by atoms with Gasteiger partial charge >= 0.3 is 12.1 Å². The van der Waals surface area contributed by atoms with Gasteiger partial charge in [-0.3, -0.25) is 14.4 Å². The van der Waals surface area contributed by atoms with Gasteiger partial charge in [-0.05, 0) is 52.0 Å². The second-order valence-corrected chi connectivity index (χ2v) is 11.4. The van der Waals surface area contributed by atoms with Crippen molar-refractivity contribution >= 4 is 23.9 Å². The van der Waals surface area contributed by atoms with E-state index in [0.717, 1.165) is 25.7 Å². The number of hydrogen-bond donors (Lipinski definition) is 2. The van der Waals surface area contributed by atoms with Gasteiger partial charge in [-0.1, -0.05) is 76.8 Å². The summed E-state index contributed by atoms with van der Waals surface area (Å²) in [5.41, 5.74) is -0.0709. The Hall–Kier alpha value is -3.10. The van der Waals surface area contributed by atoms with Crippen LogP contribution in [0.4, 0.5) is 4.79 Å². The van der Waals surface area contributed by atoms with E-state index in [1.807, 2.05) is 44.2 Å². The van der Waals surface area contributed by atoms with Gasteiger partial charge in [-0.2, -0.15) is 0 Å². The molecule has 0 saturated heterocycles. The van der Waals surface area contributed by atoms with Crippen LogP contribution in [0.25, 0.3) is 0 Å². The van der Waals surface area contributed by atoms with Crippen LogP contribution < -0.4 is 10.6 Å². The molecule has 226 valence electrons. The first-order valence-electron chi connectivity index (χ1n) is 14.7. The van der Waals surface area contributed by atoms with Gasteiger partial charge in [0.25, 0.3) is 0 Å². The molecule has 0 aliphatic carbocycles. The Labute approximate surface area is 240 Å². The lowest BCUT2D eigenvalue weighted by Crippen LogP contribution is -2.53. The van der Waals surface area contributed by atoms with Crippen LogP contribution in [-0.2, 0) is 23.9 Å². The highest BCUT2D eigenvalue weighted by molar-refractivity contribution is 5.92. The predicted octanol–water partition coefficient (Wildman–Crippen LogP) is 5.54. The van der Waals surface area contributed by atoms with E-state index in [9.17, 15) is 19.2 Å². The van der Waals surface area contributed by atoms with Gasteiger partial charge in [0.15, 0.2) is 0 Å². The number of alkyl carbamates (subject to hydrolysis) is 1. The molecule has 0 aliphatic rings. The summed E-state index contributed by atoms with van der Waals surface area (Å²) in [6.07, 6.45) is 4.59. The first-order chi connectivity index (χ1) is 18.9. The van der Waals surface area contributed by atoms with Crippen LogP contribution in [0.1, 0.15) is 105 Å². The van der Waals surface area contributed by atoms with E-state index >= 15 is 0 Å². The van der Waals surface area contributed by atoms with Gasteiger partial charge in [-0.15, -0.1) is 0 Å². The number of ether oxygens (including phenoxy) is 2. The third-order valence-electron chi connectivity index (χ3n) is 6.09. The fraction of sp³-hybridized carbons (Fsp3) is 0.677. The summed E-state index contributed by atoms with van der Waals surface area (Å²) in [4.78, 5) is 54.0. The molecule has 1 aromatic carbocycles. The van der Waals surface area contributed by atoms with Crippen LogP contribution in [0.5, 0.6) is 0 Å². The largest absolute Gasteiger partial charge is 0.466 e. The Balaban J connectivity index is 3.35. The van der Waals surface area contributed by atoms with E-state index in [-0.39, 0.29) is 31.4 Å². The predicted molar refractivity (Wildman–Crippen MR) is 157 cm³/mol. The van der Waals surface area contributed by atoms with Crippen LogP contribution in [0.15, 0.2) is 30.3 Å². The molecule has 9 nitrogen and oxygen atoms in total. The molecule has 0 fully saturated rings. The van der Waals surface area contributed by atoms with E-state index in [4.69, 9.17) is 9.47 Å². The molecule has 2 unspecified atom stereocenters. The Morgan fingerprint density at radius 1 is 0.950 bits per heavy atom. The lowest BCUT2D eigenvalue weighted by Gasteiger charge is -2.35. The number of amides is 3. The summed E-state index contributed by atoms with van der Waals surface area (Å²) >= 11 is 0. The number of nitrogens with zero attached hydrogens (tertiary/aromatic N) is 1. The number of carbonyl (C=O) groups excluding carboxylic acids is 4. The smallest absolute Gasteiger partial charge is 0.408 e. The number of esters is 1. The molecule has 2 N–H and O–H groups in total. The van der Waals surface area contributed by atoms with Gasteiger partial charge in [0.2, 0.25) is 11.8 Å². The summed E-state index contributed by atoms with van der Waals surface area (Å²) in [5, 5.41) is 5.59. The third-order valence-corrected chi connectivity index (χ3v) is 6.09. The van der Waals surface area contributed by atoms with E-state index in [1.54, 1.807) is 32.6 Å². The highest BCUT2D eigenvalue weighted by atomic mass is 16.6. The van der Waals surface area contributed by atoms with E-state index in [1.165, 1.54) is 0 Å². The quantitative estimate of drug-likeness (QED) is 0.191. The fourth-order valence-electron chi connectivity index (χ4n) is 4.32. The van der Waals surface area contributed by atoms with Crippen molar-refractivity contribution in [2.45, 2.75) is 111 Å². The molecule has 0 aliphatic heterocycles. The van der Waals surface area contributed by atoms with Crippen LogP contribution in [0.3, 0.4) is 0 Å². The zero-order valence-corrected chi connectivity index (χ0v) is 25.6. The van der Waals surface area contributed by atoms with Crippen LogP contribution in [0.2, 0.25) is 0 Å². The van der Waals surface area contributed by atoms with Gasteiger partial charge in [0.1, 0.15) is 17.7 Å². The van der Waals surface area contributed by atoms with Crippen molar-refractivity contribution in [3.05, 3.63) is 35.9 Å². The summed E-state index contributed by atoms with van der Waals surface area (Å²) in [6, 6.07) is 7.31. The second-order valence-electron chi connectivity index (χ2n) is 11.4. The molecule has 0 bridgehead atoms. The van der Waals surface area contributed by atoms with Gasteiger partial charge in [0, 0.05) is 13.1 Å². The number of carbonyl (C=O) groups is 4. The minimum Gasteiger partial charge on any atom is -0.466 e. The molecular weight excluding hydrogens is 510 g/mol. The van der Waals surface area contributed by atoms with Crippen molar-refractivity contribution in [2.75, 3.05) is 19.7 Å². The summed E-state index contributed by atoms with van der Waals surface area (Å²) < 4.78 is 10.4. The maximum absolute atomic E-state index is 14.2. The average molecular weight is 562 g/mol. The third kappa shape index (κ3) is 13.8. The van der Waals surface area contributed by atoms with Crippen LogP contribution in [0, 0.1) is 5.92 Å². The Kier molecular flexibility index (Phi) is 16.0. The normalized spacial score (nSPS) is 12.8. The van der Waals surface area contributed by atoms with Crippen molar-refractivity contribution in [1.29, 1.82) is 0 Å². The number of hydrogen-bond acceptors (Lipinski definition) is 6. The molecule has 1 aromatic rings. The fourth-order valence-corrected chi connectivity index (χ4v) is 4.32. The molecule has 2 atom stereocenters. The highest BCUT2D eigenvalue weighted by Gasteiger charge is 2.36. The first-order valence-corrected chi connectivity index (χ1v) is 14.7. The zero-order valence-electron chi connectivity index (χ0n) is 25.6. The summed E-state index contributed by atoms with van der Waals surface area (Å²) in [5.74, 6) is -1.03. The Morgan fingerprint density at radius 2 is 1.60 bits per heavy atom. The number of rotatable bonds is 17. The summed E-state index contributed by atoms with van der Waals surface area (Å²) in [6.45, 7) is 13.8. The average Bonchev–Trinajstić information content (AvgIpc) is 2.86. The maximum Gasteiger partial charge on any atom is 0.408 e. The van der Waals surface area contributed by atoms with Gasteiger partial charge in [0.05, 0.1) is 13.0 Å². The minimum atomic E-state index is -0.933. The Morgan fingerprint density at radius 3 is 2.17 bits per heavy atom. The van der Waals surface area contributed by atoms with Crippen molar-refractivity contribution in [3.63, 3.8) is 0 Å². The van der Waals surface area contributed by atoms with E-state index in [0.29, 0.717) is 24.9 Å². The topological polar surface area (TPSA) is 114 Å². The summed E-state index contributed by atoms with van der Waals surface area (Å²) in [7, 11) is 0. The number of unbranched alkanes of at least 4 members (excludes halogenated alkanes) is 4. The maximum atomic E-state index is 14.2. The Bertz CT molecular complexity index is 913. The van der Waals surface area contributed by atoms with E-state index in [2.05, 4.69) is 17.6 Å². The molecular formula is C31H51N3O6. The molecule has 0 saturated carbocycles. The second kappa shape index (κ2) is 18.3. The van der Waals surface area contributed by atoms with E-state index < -0.39 is 35.7 Å². The molecule has 0 spiro atoms. The molecule has 0 aromatic heterocycles. The zero-order chi connectivity index (χ0) is 30.1. The van der Waals surface area contributed by atoms with Crippen molar-refractivity contribution < 1.29 is 28.7 Å². The van der Waals surface area contributed by atoms with Crippen LogP contribution in [-0.4, -0.2) is 60.1 Å². The molecule has 0 radical (unpaired) electrons. The molecule has 1 rings (SSSR count). The highest BCUT2D eigenvalue weighted by Crippen LogP contribution is 2.25. The van der Waals surface area contributed by atoms with Gasteiger partial charge < -0.3 is 25.0 Å². The number of nitrogens with one attached hydrogen (secondary N) is 2. The number of benzene rings is 1. The lowest BCUT2D eigenvalue weighted by atomic mass is 9.98. The monoisotopic (exact) mass is 561 g/mol. The van der Waals surface area contributed by atoms with Crippen molar-refractivity contribution in [2.24, 2.45) is 5.92 Å². The molecule has 0 heterocycles.